The summed E-state index contributed by atoms with van der Waals surface area (Å²) in [5.41, 5.74) is 2.22. The fourth-order valence-corrected chi connectivity index (χ4v) is 4.20. The highest BCUT2D eigenvalue weighted by atomic mass is 32.2. The largest absolute Gasteiger partial charge is 0.308 e. The van der Waals surface area contributed by atoms with Crippen LogP contribution in [-0.4, -0.2) is 25.7 Å². The van der Waals surface area contributed by atoms with Crippen LogP contribution in [0, 0.1) is 17.0 Å². The molecule has 1 N–H and O–H groups in total. The van der Waals surface area contributed by atoms with E-state index in [0.717, 1.165) is 35.7 Å². The van der Waals surface area contributed by atoms with Gasteiger partial charge in [-0.2, -0.15) is 5.10 Å². The molecule has 3 aromatic rings. The van der Waals surface area contributed by atoms with Gasteiger partial charge in [-0.05, 0) is 37.1 Å². The second-order valence-corrected chi connectivity index (χ2v) is 8.06. The number of aryl methyl sites for hydroxylation is 2. The summed E-state index contributed by atoms with van der Waals surface area (Å²) in [6, 6.07) is 13.8. The molecule has 2 heterocycles. The Kier molecular flexibility index (Phi) is 5.40. The van der Waals surface area contributed by atoms with Crippen LogP contribution in [0.1, 0.15) is 23.4 Å². The molecule has 0 saturated carbocycles. The maximum atomic E-state index is 11.6. The van der Waals surface area contributed by atoms with Crippen molar-refractivity contribution in [2.75, 3.05) is 0 Å². The van der Waals surface area contributed by atoms with Crippen LogP contribution in [0.3, 0.4) is 0 Å². The number of nitrogens with zero attached hydrogens (tertiary/aromatic N) is 4. The Morgan fingerprint density at radius 3 is 2.89 bits per heavy atom. The first-order chi connectivity index (χ1) is 13.6. The van der Waals surface area contributed by atoms with Gasteiger partial charge in [-0.3, -0.25) is 10.1 Å². The third kappa shape index (κ3) is 4.23. The van der Waals surface area contributed by atoms with Crippen molar-refractivity contribution in [3.05, 3.63) is 75.9 Å². The van der Waals surface area contributed by atoms with Gasteiger partial charge >= 0.3 is 0 Å². The first kappa shape index (κ1) is 18.6. The highest BCUT2D eigenvalue weighted by molar-refractivity contribution is 7.99. The minimum atomic E-state index is -0.303. The van der Waals surface area contributed by atoms with Gasteiger partial charge in [-0.1, -0.05) is 35.5 Å². The van der Waals surface area contributed by atoms with Gasteiger partial charge in [0.25, 0.3) is 5.69 Å². The minimum absolute atomic E-state index is 0.145. The van der Waals surface area contributed by atoms with E-state index in [-0.39, 0.29) is 16.7 Å². The normalized spacial score (nSPS) is 16.0. The molecule has 2 aromatic carbocycles. The van der Waals surface area contributed by atoms with Crippen LogP contribution in [-0.2, 0) is 19.5 Å². The number of aromatic nitrogens is 3. The molecule has 0 saturated heterocycles. The van der Waals surface area contributed by atoms with Crippen LogP contribution in [0.15, 0.2) is 58.6 Å². The molecule has 0 aliphatic carbocycles. The lowest BCUT2D eigenvalue weighted by Crippen LogP contribution is -2.37. The van der Waals surface area contributed by atoms with Gasteiger partial charge in [-0.25, -0.2) is 9.67 Å². The third-order valence-electron chi connectivity index (χ3n) is 4.87. The van der Waals surface area contributed by atoms with E-state index in [9.17, 15) is 10.1 Å². The van der Waals surface area contributed by atoms with E-state index in [1.807, 2.05) is 48.0 Å². The predicted octanol–water partition coefficient (Wildman–Crippen LogP) is 3.75. The zero-order chi connectivity index (χ0) is 19.5. The van der Waals surface area contributed by atoms with Crippen molar-refractivity contribution in [1.29, 1.82) is 0 Å². The second-order valence-electron chi connectivity index (χ2n) is 6.95. The van der Waals surface area contributed by atoms with E-state index in [2.05, 4.69) is 15.4 Å². The molecule has 0 bridgehead atoms. The molecule has 7 nitrogen and oxygen atoms in total. The first-order valence-electron chi connectivity index (χ1n) is 9.20. The van der Waals surface area contributed by atoms with Gasteiger partial charge in [-0.15, -0.1) is 0 Å². The summed E-state index contributed by atoms with van der Waals surface area (Å²) in [6.45, 7) is 3.39. The minimum Gasteiger partial charge on any atom is -0.308 e. The Balaban J connectivity index is 1.44. The molecule has 4 rings (SSSR count). The van der Waals surface area contributed by atoms with Crippen LogP contribution < -0.4 is 5.32 Å². The standard InChI is InChI=1S/C20H21N5O2S/c1-14-2-6-17(7-3-14)28-19-8-4-15(10-18(19)25(26)27)11-21-16-5-9-20-22-13-23-24(20)12-16/h2-4,6-8,10,13,16,21H,5,9,11-12H2,1H3. The molecular weight excluding hydrogens is 374 g/mol. The SMILES string of the molecule is Cc1ccc(Sc2ccc(CNC3CCc4ncnn4C3)cc2[N+](=O)[O-])cc1. The summed E-state index contributed by atoms with van der Waals surface area (Å²) in [5.74, 6) is 1.02. The molecule has 8 heteroatoms. The number of rotatable bonds is 6. The second kappa shape index (κ2) is 8.12. The maximum Gasteiger partial charge on any atom is 0.283 e. The number of fused-ring (bicyclic) bond motifs is 1. The Morgan fingerprint density at radius 2 is 2.11 bits per heavy atom. The van der Waals surface area contributed by atoms with Crippen LogP contribution in [0.25, 0.3) is 0 Å². The van der Waals surface area contributed by atoms with Gasteiger partial charge in [0.05, 0.1) is 16.4 Å². The van der Waals surface area contributed by atoms with Crippen molar-refractivity contribution in [3.63, 3.8) is 0 Å². The van der Waals surface area contributed by atoms with Gasteiger partial charge in [0, 0.05) is 30.0 Å². The van der Waals surface area contributed by atoms with E-state index >= 15 is 0 Å². The Morgan fingerprint density at radius 1 is 1.29 bits per heavy atom. The third-order valence-corrected chi connectivity index (χ3v) is 5.94. The molecule has 0 amide bonds. The fraction of sp³-hybridized carbons (Fsp3) is 0.300. The van der Waals surface area contributed by atoms with Gasteiger partial charge in [0.15, 0.2) is 0 Å². The molecule has 1 atom stereocenters. The van der Waals surface area contributed by atoms with Crippen molar-refractivity contribution in [3.8, 4) is 0 Å². The maximum absolute atomic E-state index is 11.6. The lowest BCUT2D eigenvalue weighted by molar-refractivity contribution is -0.387. The van der Waals surface area contributed by atoms with Gasteiger partial charge in [0.2, 0.25) is 0 Å². The average Bonchev–Trinajstić information content (AvgIpc) is 3.16. The first-order valence-corrected chi connectivity index (χ1v) is 10.0. The number of benzene rings is 2. The van der Waals surface area contributed by atoms with E-state index in [1.54, 1.807) is 12.4 Å². The number of hydrogen-bond acceptors (Lipinski definition) is 6. The van der Waals surface area contributed by atoms with Gasteiger partial charge < -0.3 is 5.32 Å². The Hall–Kier alpha value is -2.71. The highest BCUT2D eigenvalue weighted by Crippen LogP contribution is 2.35. The number of nitro benzene ring substituents is 1. The predicted molar refractivity (Wildman–Crippen MR) is 107 cm³/mol. The molecule has 1 unspecified atom stereocenters. The van der Waals surface area contributed by atoms with Crippen molar-refractivity contribution in [1.82, 2.24) is 20.1 Å². The molecule has 1 aliphatic rings. The highest BCUT2D eigenvalue weighted by Gasteiger charge is 2.20. The summed E-state index contributed by atoms with van der Waals surface area (Å²) in [5, 5.41) is 19.3. The summed E-state index contributed by atoms with van der Waals surface area (Å²) < 4.78 is 1.92. The average molecular weight is 395 g/mol. The Bertz CT molecular complexity index is 987. The lowest BCUT2D eigenvalue weighted by Gasteiger charge is -2.23. The molecular formula is C20H21N5O2S. The van der Waals surface area contributed by atoms with E-state index in [1.165, 1.54) is 17.3 Å². The number of nitro groups is 1. The monoisotopic (exact) mass is 395 g/mol. The lowest BCUT2D eigenvalue weighted by atomic mass is 10.1. The van der Waals surface area contributed by atoms with Crippen molar-refractivity contribution < 1.29 is 4.92 Å². The number of hydrogen-bond donors (Lipinski definition) is 1. The smallest absolute Gasteiger partial charge is 0.283 e. The molecule has 0 radical (unpaired) electrons. The van der Waals surface area contributed by atoms with Crippen molar-refractivity contribution in [2.45, 2.75) is 48.7 Å². The summed E-state index contributed by atoms with van der Waals surface area (Å²) in [4.78, 5) is 17.2. The van der Waals surface area contributed by atoms with Gasteiger partial charge in [0.1, 0.15) is 12.2 Å². The summed E-state index contributed by atoms with van der Waals surface area (Å²) in [7, 11) is 0. The van der Waals surface area contributed by atoms with E-state index in [0.29, 0.717) is 11.4 Å². The fourth-order valence-electron chi connectivity index (χ4n) is 3.30. The van der Waals surface area contributed by atoms with Crippen LogP contribution in [0.4, 0.5) is 5.69 Å². The topological polar surface area (TPSA) is 85.9 Å². The van der Waals surface area contributed by atoms with Crippen molar-refractivity contribution >= 4 is 17.4 Å². The molecule has 28 heavy (non-hydrogen) atoms. The molecule has 0 spiro atoms. The summed E-state index contributed by atoms with van der Waals surface area (Å²) >= 11 is 1.42. The quantitative estimate of drug-likeness (QED) is 0.505. The number of nitrogens with one attached hydrogen (secondary N) is 1. The zero-order valence-corrected chi connectivity index (χ0v) is 16.4. The molecule has 0 fully saturated rings. The Labute approximate surface area is 167 Å². The summed E-state index contributed by atoms with van der Waals surface area (Å²) in [6.07, 6.45) is 3.47. The molecule has 1 aromatic heterocycles. The molecule has 144 valence electrons. The van der Waals surface area contributed by atoms with E-state index < -0.39 is 0 Å². The molecule has 1 aliphatic heterocycles. The van der Waals surface area contributed by atoms with Crippen molar-refractivity contribution in [2.24, 2.45) is 0 Å². The van der Waals surface area contributed by atoms with Crippen LogP contribution in [0.2, 0.25) is 0 Å². The zero-order valence-electron chi connectivity index (χ0n) is 15.5. The van der Waals surface area contributed by atoms with Crippen LogP contribution >= 0.6 is 11.8 Å². The van der Waals surface area contributed by atoms with Crippen LogP contribution in [0.5, 0.6) is 0 Å². The van der Waals surface area contributed by atoms with E-state index in [4.69, 9.17) is 0 Å².